The molecular weight excluding hydrogens is 460 g/mol. The zero-order chi connectivity index (χ0) is 22.9. The second-order valence-electron chi connectivity index (χ2n) is 8.06. The Morgan fingerprint density at radius 1 is 1.12 bits per heavy atom. The largest absolute Gasteiger partial charge is 0.392 e. The minimum Gasteiger partial charge on any atom is -0.392 e. The fraction of sp³-hybridized carbons (Fsp3) is 0.250. The van der Waals surface area contributed by atoms with Gasteiger partial charge in [-0.15, -0.1) is 0 Å². The maximum Gasteiger partial charge on any atom is 0.251 e. The standard InChI is InChI=1S/C24H23ClN4O3S/c25-19-8-16(7-17(9-19)15-30)13-28-2-1-18(10-23(28)31)22-14-29(33)24-21(22)11-20(12-26-24)27-3-5-32-6-4-27/h1-2,7-12,14,30,33H,3-6,13,15H2. The summed E-state index contributed by atoms with van der Waals surface area (Å²) in [7, 11) is 0. The van der Waals surface area contributed by atoms with Gasteiger partial charge in [0.2, 0.25) is 0 Å². The number of rotatable bonds is 5. The van der Waals surface area contributed by atoms with Crippen LogP contribution in [-0.4, -0.2) is 44.9 Å². The van der Waals surface area contributed by atoms with Crippen LogP contribution in [0.1, 0.15) is 11.1 Å². The van der Waals surface area contributed by atoms with Gasteiger partial charge in [0.15, 0.2) is 5.65 Å². The number of aromatic nitrogens is 3. The molecule has 1 saturated heterocycles. The Labute approximate surface area is 201 Å². The number of ether oxygens (including phenoxy) is 1. The molecule has 33 heavy (non-hydrogen) atoms. The van der Waals surface area contributed by atoms with Crippen LogP contribution in [0.3, 0.4) is 0 Å². The van der Waals surface area contributed by atoms with Crippen LogP contribution in [0.15, 0.2) is 59.8 Å². The molecule has 4 heterocycles. The van der Waals surface area contributed by atoms with E-state index in [1.807, 2.05) is 24.5 Å². The average Bonchev–Trinajstić information content (AvgIpc) is 3.16. The van der Waals surface area contributed by atoms with Crippen molar-refractivity contribution in [2.75, 3.05) is 31.2 Å². The number of benzene rings is 1. The topological polar surface area (TPSA) is 72.5 Å². The SMILES string of the molecule is O=c1cc(-c2cn(S)c3ncc(N4CCOCC4)cc23)ccn1Cc1cc(Cl)cc(CO)c1. The van der Waals surface area contributed by atoms with E-state index in [1.165, 1.54) is 0 Å². The van der Waals surface area contributed by atoms with Crippen molar-refractivity contribution >= 4 is 41.1 Å². The molecule has 0 spiro atoms. The third kappa shape index (κ3) is 4.52. The maximum absolute atomic E-state index is 12.9. The molecule has 0 amide bonds. The van der Waals surface area contributed by atoms with Gasteiger partial charge in [-0.3, -0.25) is 8.77 Å². The van der Waals surface area contributed by atoms with Gasteiger partial charge >= 0.3 is 0 Å². The number of aliphatic hydroxyl groups excluding tert-OH is 1. The molecule has 0 radical (unpaired) electrons. The van der Waals surface area contributed by atoms with Crippen molar-refractivity contribution in [3.63, 3.8) is 0 Å². The fourth-order valence-electron chi connectivity index (χ4n) is 4.21. The summed E-state index contributed by atoms with van der Waals surface area (Å²) in [4.78, 5) is 19.8. The first-order chi connectivity index (χ1) is 16.0. The molecule has 7 nitrogen and oxygen atoms in total. The number of nitrogens with zero attached hydrogens (tertiary/aromatic N) is 4. The Balaban J connectivity index is 1.49. The zero-order valence-corrected chi connectivity index (χ0v) is 19.5. The monoisotopic (exact) mass is 482 g/mol. The van der Waals surface area contributed by atoms with Crippen LogP contribution in [0.5, 0.6) is 0 Å². The molecule has 1 aliphatic rings. The molecule has 4 aromatic rings. The lowest BCUT2D eigenvalue weighted by Crippen LogP contribution is -2.36. The van der Waals surface area contributed by atoms with Gasteiger partial charge < -0.3 is 19.3 Å². The van der Waals surface area contributed by atoms with Gasteiger partial charge in [0, 0.05) is 47.5 Å². The van der Waals surface area contributed by atoms with Crippen molar-refractivity contribution in [3.8, 4) is 11.1 Å². The molecule has 170 valence electrons. The molecule has 5 rings (SSSR count). The highest BCUT2D eigenvalue weighted by molar-refractivity contribution is 7.78. The molecule has 1 N–H and O–H groups in total. The Hall–Kier alpha value is -2.78. The molecule has 0 atom stereocenters. The van der Waals surface area contributed by atoms with Crippen LogP contribution < -0.4 is 10.5 Å². The average molecular weight is 483 g/mol. The van der Waals surface area contributed by atoms with Crippen LogP contribution in [0.4, 0.5) is 5.69 Å². The van der Waals surface area contributed by atoms with Crippen LogP contribution in [-0.2, 0) is 17.9 Å². The first kappa shape index (κ1) is 22.0. The molecule has 1 aliphatic heterocycles. The summed E-state index contributed by atoms with van der Waals surface area (Å²) in [6, 6.07) is 11.0. The van der Waals surface area contributed by atoms with E-state index < -0.39 is 0 Å². The van der Waals surface area contributed by atoms with Crippen molar-refractivity contribution in [3.05, 3.63) is 81.5 Å². The van der Waals surface area contributed by atoms with Crippen molar-refractivity contribution in [1.29, 1.82) is 0 Å². The van der Waals surface area contributed by atoms with Gasteiger partial charge in [-0.05, 0) is 41.0 Å². The second-order valence-corrected chi connectivity index (χ2v) is 8.93. The molecule has 1 aromatic carbocycles. The smallest absolute Gasteiger partial charge is 0.251 e. The minimum atomic E-state index is -0.129. The highest BCUT2D eigenvalue weighted by Crippen LogP contribution is 2.32. The number of pyridine rings is 2. The summed E-state index contributed by atoms with van der Waals surface area (Å²) in [5, 5.41) is 10.9. The van der Waals surface area contributed by atoms with Gasteiger partial charge in [-0.25, -0.2) is 4.98 Å². The number of hydrogen-bond acceptors (Lipinski definition) is 6. The predicted molar refractivity (Wildman–Crippen MR) is 133 cm³/mol. The Bertz CT molecular complexity index is 1380. The summed E-state index contributed by atoms with van der Waals surface area (Å²) in [6.07, 6.45) is 5.51. The summed E-state index contributed by atoms with van der Waals surface area (Å²) < 4.78 is 8.76. The fourth-order valence-corrected chi connectivity index (χ4v) is 4.76. The van der Waals surface area contributed by atoms with Crippen LogP contribution in [0.25, 0.3) is 22.2 Å². The van der Waals surface area contributed by atoms with E-state index in [-0.39, 0.29) is 12.2 Å². The molecule has 0 aliphatic carbocycles. The normalized spacial score (nSPS) is 14.2. The van der Waals surface area contributed by atoms with Crippen LogP contribution in [0, 0.1) is 0 Å². The van der Waals surface area contributed by atoms with Crippen molar-refractivity contribution in [2.24, 2.45) is 0 Å². The van der Waals surface area contributed by atoms with Gasteiger partial charge in [-0.2, -0.15) is 0 Å². The summed E-state index contributed by atoms with van der Waals surface area (Å²) in [6.45, 7) is 3.30. The molecule has 0 saturated carbocycles. The third-order valence-corrected chi connectivity index (χ3v) is 6.37. The molecule has 9 heteroatoms. The van der Waals surface area contributed by atoms with E-state index in [2.05, 4.69) is 28.8 Å². The number of anilines is 1. The van der Waals surface area contributed by atoms with E-state index in [0.29, 0.717) is 30.3 Å². The van der Waals surface area contributed by atoms with E-state index in [0.717, 1.165) is 46.5 Å². The zero-order valence-electron chi connectivity index (χ0n) is 17.8. The first-order valence-electron chi connectivity index (χ1n) is 10.6. The number of hydrogen-bond donors (Lipinski definition) is 2. The Kier molecular flexibility index (Phi) is 6.16. The molecule has 3 aromatic heterocycles. The van der Waals surface area contributed by atoms with Gasteiger partial charge in [-0.1, -0.05) is 30.5 Å². The lowest BCUT2D eigenvalue weighted by molar-refractivity contribution is 0.122. The number of fused-ring (bicyclic) bond motifs is 1. The summed E-state index contributed by atoms with van der Waals surface area (Å²) in [5.74, 6) is 0. The number of thiol groups is 1. The molecule has 1 fully saturated rings. The molecule has 0 unspecified atom stereocenters. The van der Waals surface area contributed by atoms with Gasteiger partial charge in [0.1, 0.15) is 0 Å². The summed E-state index contributed by atoms with van der Waals surface area (Å²) >= 11 is 10.7. The highest BCUT2D eigenvalue weighted by Gasteiger charge is 2.16. The van der Waals surface area contributed by atoms with E-state index >= 15 is 0 Å². The minimum absolute atomic E-state index is 0.102. The van der Waals surface area contributed by atoms with Gasteiger partial charge in [0.25, 0.3) is 5.56 Å². The maximum atomic E-state index is 12.9. The molecular formula is C24H23ClN4O3S. The Morgan fingerprint density at radius 2 is 1.91 bits per heavy atom. The lowest BCUT2D eigenvalue weighted by Gasteiger charge is -2.28. The number of morpholine rings is 1. The molecule has 0 bridgehead atoms. The van der Waals surface area contributed by atoms with Crippen LogP contribution in [0.2, 0.25) is 5.02 Å². The quantitative estimate of drug-likeness (QED) is 0.425. The van der Waals surface area contributed by atoms with Crippen molar-refractivity contribution in [2.45, 2.75) is 13.2 Å². The summed E-state index contributed by atoms with van der Waals surface area (Å²) in [5.41, 5.74) is 4.91. The van der Waals surface area contributed by atoms with Crippen molar-refractivity contribution in [1.82, 2.24) is 13.5 Å². The van der Waals surface area contributed by atoms with E-state index in [1.54, 1.807) is 32.9 Å². The number of aliphatic hydroxyl groups is 1. The first-order valence-corrected chi connectivity index (χ1v) is 11.4. The van der Waals surface area contributed by atoms with Crippen LogP contribution >= 0.6 is 24.4 Å². The predicted octanol–water partition coefficient (Wildman–Crippen LogP) is 3.59. The number of halogens is 1. The van der Waals surface area contributed by atoms with E-state index in [9.17, 15) is 9.90 Å². The lowest BCUT2D eigenvalue weighted by atomic mass is 10.1. The third-order valence-electron chi connectivity index (χ3n) is 5.85. The van der Waals surface area contributed by atoms with Gasteiger partial charge in [0.05, 0.1) is 38.2 Å². The highest BCUT2D eigenvalue weighted by atomic mass is 35.5. The second kappa shape index (κ2) is 9.23. The van der Waals surface area contributed by atoms with E-state index in [4.69, 9.17) is 16.3 Å². The Morgan fingerprint density at radius 3 is 2.67 bits per heavy atom. The van der Waals surface area contributed by atoms with Crippen molar-refractivity contribution < 1.29 is 9.84 Å².